The van der Waals surface area contributed by atoms with Gasteiger partial charge in [-0.1, -0.05) is 41.4 Å². The van der Waals surface area contributed by atoms with E-state index in [4.69, 9.17) is 28.9 Å². The highest BCUT2D eigenvalue weighted by Crippen LogP contribution is 2.53. The molecule has 0 amide bonds. The van der Waals surface area contributed by atoms with Gasteiger partial charge in [0.1, 0.15) is 34.4 Å². The Hall–Kier alpha value is -4.23. The van der Waals surface area contributed by atoms with Crippen LogP contribution < -0.4 is 15.8 Å². The first-order valence-corrected chi connectivity index (χ1v) is 18.2. The molecule has 6 rings (SSSR count). The molecule has 0 radical (unpaired) electrons. The number of nitrogens with two attached hydrogens (primary N) is 1. The number of allylic oxidation sites excluding steroid dienone is 4. The number of pyridine rings is 1. The molecule has 0 aliphatic heterocycles. The zero-order chi connectivity index (χ0) is 38.8. The highest BCUT2D eigenvalue weighted by Gasteiger charge is 2.61. The van der Waals surface area contributed by atoms with Crippen molar-refractivity contribution in [2.24, 2.45) is 29.6 Å². The smallest absolute Gasteiger partial charge is 0.394 e. The Morgan fingerprint density at radius 2 is 1.75 bits per heavy atom. The predicted molar refractivity (Wildman–Crippen MR) is 185 cm³/mol. The third-order valence-corrected chi connectivity index (χ3v) is 9.83. The molecule has 1 unspecified atom stereocenters. The number of aromatic nitrogens is 3. The first-order chi connectivity index (χ1) is 24.7. The second-order valence-corrected chi connectivity index (χ2v) is 15.1. The maximum Gasteiger partial charge on any atom is 0.431 e. The van der Waals surface area contributed by atoms with E-state index in [9.17, 15) is 35.5 Å². The van der Waals surface area contributed by atoms with Gasteiger partial charge in [0, 0.05) is 35.7 Å². The average molecular weight is 807 g/mol. The van der Waals surface area contributed by atoms with Gasteiger partial charge in [-0.15, -0.1) is 0 Å². The van der Waals surface area contributed by atoms with E-state index in [0.29, 0.717) is 17.1 Å². The summed E-state index contributed by atoms with van der Waals surface area (Å²) in [5.41, 5.74) is 2.52. The number of aliphatic imine (C=N–C) groups is 1. The van der Waals surface area contributed by atoms with Gasteiger partial charge in [0.25, 0.3) is 5.92 Å². The summed E-state index contributed by atoms with van der Waals surface area (Å²) in [6, 6.07) is 7.39. The SMILES string of the molecule is Cn1nc(NS(C)(=O)=O)c2c(Cl)ccc(-c3ccc(Cl)nc3[C@H](Cc3cc(F)cc(F)c3)NC(O)CN=C3C(=C(N)C(F)(F)F)[C@H]4C=C[C@H]4C3(F)F)c21. The molecule has 2 heterocycles. The Kier molecular flexibility index (Phi) is 10.1. The first-order valence-electron chi connectivity index (χ1n) is 15.5. The summed E-state index contributed by atoms with van der Waals surface area (Å²) in [5, 5.41) is 18.4. The van der Waals surface area contributed by atoms with Crippen molar-refractivity contribution in [1.29, 1.82) is 0 Å². The maximum atomic E-state index is 15.3. The molecule has 20 heteroatoms. The van der Waals surface area contributed by atoms with Crippen LogP contribution in [0.2, 0.25) is 10.2 Å². The zero-order valence-electron chi connectivity index (χ0n) is 27.4. The summed E-state index contributed by atoms with van der Waals surface area (Å²) in [4.78, 5) is 8.17. The van der Waals surface area contributed by atoms with Crippen molar-refractivity contribution in [3.63, 3.8) is 0 Å². The zero-order valence-corrected chi connectivity index (χ0v) is 29.7. The lowest BCUT2D eigenvalue weighted by Gasteiger charge is -2.25. The molecule has 0 saturated heterocycles. The van der Waals surface area contributed by atoms with Gasteiger partial charge in [-0.3, -0.25) is 19.7 Å². The van der Waals surface area contributed by atoms with Crippen LogP contribution in [-0.2, 0) is 23.5 Å². The van der Waals surface area contributed by atoms with Gasteiger partial charge in [0.15, 0.2) is 5.82 Å². The molecular weight excluding hydrogens is 778 g/mol. The number of nitrogens with one attached hydrogen (secondary N) is 2. The highest BCUT2D eigenvalue weighted by molar-refractivity contribution is 7.92. The third-order valence-electron chi connectivity index (χ3n) is 8.74. The molecule has 2 aromatic heterocycles. The average Bonchev–Trinajstić information content (AvgIpc) is 3.40. The fraction of sp³-hybridized carbons (Fsp3) is 0.303. The quantitative estimate of drug-likeness (QED) is 0.0624. The van der Waals surface area contributed by atoms with Gasteiger partial charge in [0.2, 0.25) is 10.0 Å². The van der Waals surface area contributed by atoms with Gasteiger partial charge in [-0.25, -0.2) is 22.2 Å². The van der Waals surface area contributed by atoms with Crippen LogP contribution in [0, 0.1) is 23.5 Å². The standard InChI is InChI=1S/C33H28Cl2F7N7O3S/c1-49-28-18(4-7-21(34)26(28)31(47-49)48-53(2,51)52)17-5-8-23(35)46-27(17)22(11-14-9-15(36)12-16(37)10-14)45-24(50)13-44-30-25(29(43)33(40,41)42)19-3-6-20(19)32(30,38)39/h3-10,12,19-20,22,24,45,50H,11,13,43H2,1-2H3,(H,47,48)/t19-,20+,22-,24?/m0/s1. The van der Waals surface area contributed by atoms with Gasteiger partial charge in [-0.2, -0.15) is 27.1 Å². The van der Waals surface area contributed by atoms with Crippen LogP contribution in [0.25, 0.3) is 22.0 Å². The molecular formula is C33H28Cl2F7N7O3S. The van der Waals surface area contributed by atoms with Crippen molar-refractivity contribution < 1.29 is 44.3 Å². The van der Waals surface area contributed by atoms with Crippen molar-refractivity contribution in [2.75, 3.05) is 17.5 Å². The number of aryl methyl sites for hydroxylation is 1. The molecule has 1 saturated carbocycles. The molecule has 4 atom stereocenters. The van der Waals surface area contributed by atoms with Crippen molar-refractivity contribution >= 4 is 55.7 Å². The van der Waals surface area contributed by atoms with E-state index in [0.717, 1.165) is 24.5 Å². The molecule has 10 nitrogen and oxygen atoms in total. The van der Waals surface area contributed by atoms with Crippen molar-refractivity contribution in [3.05, 3.63) is 99.0 Å². The number of hydrogen-bond acceptors (Lipinski definition) is 8. The largest absolute Gasteiger partial charge is 0.431 e. The number of anilines is 1. The summed E-state index contributed by atoms with van der Waals surface area (Å²) >= 11 is 12.8. The van der Waals surface area contributed by atoms with E-state index >= 15 is 8.78 Å². The number of hydrogen-bond donors (Lipinski definition) is 4. The van der Waals surface area contributed by atoms with E-state index in [1.807, 2.05) is 0 Å². The molecule has 5 N–H and O–H groups in total. The minimum atomic E-state index is -5.14. The minimum absolute atomic E-state index is 0.0478. The topological polar surface area (TPSA) is 148 Å². The monoisotopic (exact) mass is 805 g/mol. The van der Waals surface area contributed by atoms with E-state index in [1.165, 1.54) is 36.0 Å². The lowest BCUT2D eigenvalue weighted by Crippen LogP contribution is -2.38. The van der Waals surface area contributed by atoms with Crippen LogP contribution in [-0.4, -0.2) is 65.1 Å². The van der Waals surface area contributed by atoms with Gasteiger partial charge < -0.3 is 10.8 Å². The fourth-order valence-corrected chi connectivity index (χ4v) is 7.44. The second-order valence-electron chi connectivity index (χ2n) is 12.5. The summed E-state index contributed by atoms with van der Waals surface area (Å²) < 4.78 is 128. The Labute approximate surface area is 307 Å². The number of aliphatic hydroxyl groups excluding tert-OH is 1. The first kappa shape index (κ1) is 38.5. The lowest BCUT2D eigenvalue weighted by atomic mass is 9.82. The molecule has 4 aromatic rings. The Balaban J connectivity index is 1.44. The summed E-state index contributed by atoms with van der Waals surface area (Å²) in [5.74, 6) is -8.73. The molecule has 2 aromatic carbocycles. The number of sulfonamides is 1. The molecule has 2 aliphatic carbocycles. The van der Waals surface area contributed by atoms with E-state index in [1.54, 1.807) is 6.07 Å². The van der Waals surface area contributed by atoms with Crippen LogP contribution in [0.5, 0.6) is 0 Å². The van der Waals surface area contributed by atoms with Crippen molar-refractivity contribution in [2.45, 2.75) is 30.8 Å². The number of nitrogens with zero attached hydrogens (tertiary/aromatic N) is 4. The van der Waals surface area contributed by atoms with Crippen LogP contribution in [0.4, 0.5) is 36.6 Å². The Morgan fingerprint density at radius 3 is 2.36 bits per heavy atom. The minimum Gasteiger partial charge on any atom is -0.394 e. The Bertz CT molecular complexity index is 2310. The van der Waals surface area contributed by atoms with Crippen molar-refractivity contribution in [1.82, 2.24) is 20.1 Å². The molecule has 1 fully saturated rings. The van der Waals surface area contributed by atoms with Crippen LogP contribution in [0.3, 0.4) is 0 Å². The molecule has 53 heavy (non-hydrogen) atoms. The van der Waals surface area contributed by atoms with Crippen LogP contribution in [0.1, 0.15) is 17.3 Å². The summed E-state index contributed by atoms with van der Waals surface area (Å²) in [6.45, 7) is -0.906. The fourth-order valence-electron chi connectivity index (χ4n) is 6.55. The number of fused-ring (bicyclic) bond motifs is 2. The van der Waals surface area contributed by atoms with Gasteiger partial charge in [-0.05, 0) is 42.3 Å². The van der Waals surface area contributed by atoms with Gasteiger partial charge in [0.05, 0.1) is 46.4 Å². The molecule has 2 aliphatic rings. The maximum absolute atomic E-state index is 15.3. The second kappa shape index (κ2) is 13.9. The summed E-state index contributed by atoms with van der Waals surface area (Å²) in [7, 11) is -2.29. The lowest BCUT2D eigenvalue weighted by molar-refractivity contribution is -0.0935. The normalized spacial score (nSPS) is 21.1. The van der Waals surface area contributed by atoms with Crippen LogP contribution in [0.15, 0.2) is 70.9 Å². The van der Waals surface area contributed by atoms with Crippen LogP contribution >= 0.6 is 23.2 Å². The third kappa shape index (κ3) is 7.60. The predicted octanol–water partition coefficient (Wildman–Crippen LogP) is 6.45. The van der Waals surface area contributed by atoms with Crippen molar-refractivity contribution in [3.8, 4) is 11.1 Å². The van der Waals surface area contributed by atoms with E-state index < -0.39 is 81.4 Å². The molecule has 282 valence electrons. The summed E-state index contributed by atoms with van der Waals surface area (Å²) in [6.07, 6.45) is -4.15. The number of aliphatic hydroxyl groups is 1. The highest BCUT2D eigenvalue weighted by atomic mass is 35.5. The number of halogens is 9. The number of rotatable bonds is 10. The number of alkyl halides is 5. The van der Waals surface area contributed by atoms with E-state index in [-0.39, 0.29) is 44.6 Å². The molecule has 0 spiro atoms. The van der Waals surface area contributed by atoms with E-state index in [2.05, 4.69) is 25.1 Å². The number of benzene rings is 2. The van der Waals surface area contributed by atoms with Gasteiger partial charge >= 0.3 is 6.18 Å². The Morgan fingerprint density at radius 1 is 1.09 bits per heavy atom. The molecule has 0 bridgehead atoms.